The Kier molecular flexibility index (Phi) is 9.15. The van der Waals surface area contributed by atoms with Crippen molar-refractivity contribution in [3.63, 3.8) is 0 Å². The van der Waals surface area contributed by atoms with E-state index in [9.17, 15) is 9.90 Å². The summed E-state index contributed by atoms with van der Waals surface area (Å²) in [4.78, 5) is 26.9. The third-order valence-electron chi connectivity index (χ3n) is 13.7. The van der Waals surface area contributed by atoms with Crippen LogP contribution in [0.25, 0.3) is 21.3 Å². The topological polar surface area (TPSA) is 144 Å². The number of anilines is 4. The molecule has 6 aliphatic rings. The van der Waals surface area contributed by atoms with Crippen LogP contribution in [-0.2, 0) is 22.4 Å². The number of aromatic carboxylic acids is 1. The summed E-state index contributed by atoms with van der Waals surface area (Å²) in [6.07, 6.45) is 10.4. The van der Waals surface area contributed by atoms with Crippen molar-refractivity contribution >= 4 is 50.1 Å². The maximum Gasteiger partial charge on any atom is 0.355 e. The number of thiazole rings is 1. The molecule has 5 aromatic rings. The standard InChI is InChI=1S/C44H53N9O4S/c1-28-30-8-7-13-52(38(30)50-49-37(28)48-40-46-33-9-5-6-10-34(33)58-40)35-12-11-31(36(47-35)39(54)55)32-20-45-53(29(32)2)27-43-22-41(3)21-42(4,23-43)25-44(24-41,26-43)57-19-16-51-14-17-56-18-15-51/h5-6,9-12,20H,7-8,13-19,21-27H2,1-4H3,(H,54,55)(H,46,48,49)/t41-,42+,43+,44-. The molecule has 4 atom stereocenters. The monoisotopic (exact) mass is 803 g/mol. The lowest BCUT2D eigenvalue weighted by atomic mass is 9.39. The Hall–Kier alpha value is -4.50. The van der Waals surface area contributed by atoms with Crippen molar-refractivity contribution in [3.8, 4) is 11.1 Å². The highest BCUT2D eigenvalue weighted by Crippen LogP contribution is 2.72. The van der Waals surface area contributed by atoms with Gasteiger partial charge in [-0.3, -0.25) is 9.58 Å². The molecule has 2 aliphatic heterocycles. The van der Waals surface area contributed by atoms with Crippen molar-refractivity contribution in [2.45, 2.75) is 91.2 Å². The number of pyridine rings is 1. The maximum absolute atomic E-state index is 13.0. The van der Waals surface area contributed by atoms with E-state index >= 15 is 0 Å². The molecule has 6 heterocycles. The Bertz CT molecular complexity index is 2350. The van der Waals surface area contributed by atoms with Crippen LogP contribution in [0.3, 0.4) is 0 Å². The van der Waals surface area contributed by atoms with E-state index in [0.717, 1.165) is 129 Å². The number of nitrogens with zero attached hydrogens (tertiary/aromatic N) is 8. The van der Waals surface area contributed by atoms with Crippen LogP contribution in [0.1, 0.15) is 86.1 Å². The minimum atomic E-state index is -1.07. The van der Waals surface area contributed by atoms with E-state index in [1.54, 1.807) is 11.3 Å². The summed E-state index contributed by atoms with van der Waals surface area (Å²) in [5.74, 6) is 0.851. The molecule has 4 aliphatic carbocycles. The normalized spacial score (nSPS) is 28.0. The Morgan fingerprint density at radius 1 is 0.948 bits per heavy atom. The first-order chi connectivity index (χ1) is 27.9. The molecule has 0 unspecified atom stereocenters. The number of fused-ring (bicyclic) bond motifs is 2. The van der Waals surface area contributed by atoms with E-state index in [0.29, 0.717) is 29.6 Å². The number of hydrogen-bond donors (Lipinski definition) is 2. The van der Waals surface area contributed by atoms with Crippen LogP contribution in [0.2, 0.25) is 0 Å². The summed E-state index contributed by atoms with van der Waals surface area (Å²) < 4.78 is 15.8. The van der Waals surface area contributed by atoms with Gasteiger partial charge in [-0.05, 0) is 106 Å². The molecule has 1 saturated heterocycles. The van der Waals surface area contributed by atoms with Crippen LogP contribution >= 0.6 is 11.3 Å². The van der Waals surface area contributed by atoms with Crippen molar-refractivity contribution in [2.75, 3.05) is 56.2 Å². The number of ether oxygens (including phenoxy) is 2. The summed E-state index contributed by atoms with van der Waals surface area (Å²) in [6, 6.07) is 11.9. The van der Waals surface area contributed by atoms with Gasteiger partial charge in [-0.25, -0.2) is 14.8 Å². The molecule has 11 rings (SSSR count). The first-order valence-corrected chi connectivity index (χ1v) is 21.7. The third-order valence-corrected chi connectivity index (χ3v) is 14.7. The first-order valence-electron chi connectivity index (χ1n) is 20.9. The van der Waals surface area contributed by atoms with Crippen molar-refractivity contribution in [2.24, 2.45) is 16.2 Å². The number of benzene rings is 1. The first kappa shape index (κ1) is 37.7. The lowest BCUT2D eigenvalue weighted by Gasteiger charge is -2.69. The molecule has 0 amide bonds. The molecular formula is C44H53N9O4S. The van der Waals surface area contributed by atoms with E-state index in [2.05, 4.69) is 58.9 Å². The highest BCUT2D eigenvalue weighted by molar-refractivity contribution is 7.22. The molecule has 0 radical (unpaired) electrons. The number of hydrogen-bond acceptors (Lipinski definition) is 12. The molecular weight excluding hydrogens is 751 g/mol. The predicted octanol–water partition coefficient (Wildman–Crippen LogP) is 7.96. The van der Waals surface area contributed by atoms with Crippen molar-refractivity contribution < 1.29 is 19.4 Å². The highest BCUT2D eigenvalue weighted by atomic mass is 32.1. The van der Waals surface area contributed by atoms with Crippen molar-refractivity contribution in [1.82, 2.24) is 34.8 Å². The Morgan fingerprint density at radius 2 is 1.74 bits per heavy atom. The number of carboxylic acids is 1. The largest absolute Gasteiger partial charge is 0.476 e. The SMILES string of the molecule is Cc1c(Nc2nc3ccccc3s2)nnc2c1CCCN2c1ccc(-c2cnn(C[C@]34C[C@]5(C)C[C@](C)(C3)C[C@@](OCCN3CCOCC3)(C5)C4)c2C)c(C(=O)O)n1. The molecule has 14 heteroatoms. The smallest absolute Gasteiger partial charge is 0.355 e. The number of aromatic nitrogens is 6. The average Bonchev–Trinajstić information content (AvgIpc) is 3.76. The number of morpholine rings is 1. The van der Waals surface area contributed by atoms with Crippen molar-refractivity contribution in [1.29, 1.82) is 0 Å². The molecule has 4 aromatic heterocycles. The van der Waals surface area contributed by atoms with E-state index < -0.39 is 5.97 Å². The molecule has 0 spiro atoms. The van der Waals surface area contributed by atoms with Gasteiger partial charge in [-0.2, -0.15) is 5.10 Å². The lowest BCUT2D eigenvalue weighted by molar-refractivity contribution is -0.249. The Balaban J connectivity index is 0.898. The van der Waals surface area contributed by atoms with Gasteiger partial charge in [0.1, 0.15) is 5.82 Å². The quantitative estimate of drug-likeness (QED) is 0.134. The van der Waals surface area contributed by atoms with E-state index in [-0.39, 0.29) is 27.5 Å². The second-order valence-corrected chi connectivity index (χ2v) is 19.7. The fraction of sp³-hybridized carbons (Fsp3) is 0.545. The molecule has 58 heavy (non-hydrogen) atoms. The Labute approximate surface area is 343 Å². The molecule has 4 saturated carbocycles. The number of para-hydroxylation sites is 1. The lowest BCUT2D eigenvalue weighted by Crippen LogP contribution is -2.64. The summed E-state index contributed by atoms with van der Waals surface area (Å²) in [5.41, 5.74) is 5.76. The van der Waals surface area contributed by atoms with Gasteiger partial charge in [0.25, 0.3) is 0 Å². The van der Waals surface area contributed by atoms with Gasteiger partial charge < -0.3 is 24.8 Å². The second-order valence-electron chi connectivity index (χ2n) is 18.7. The van der Waals surface area contributed by atoms with Crippen LogP contribution in [0, 0.1) is 30.1 Å². The zero-order chi connectivity index (χ0) is 39.9. The number of rotatable bonds is 11. The molecule has 304 valence electrons. The third kappa shape index (κ3) is 6.75. The van der Waals surface area contributed by atoms with Crippen LogP contribution < -0.4 is 10.2 Å². The summed E-state index contributed by atoms with van der Waals surface area (Å²) >= 11 is 1.58. The molecule has 4 bridgehead atoms. The van der Waals surface area contributed by atoms with Gasteiger partial charge in [-0.15, -0.1) is 10.2 Å². The van der Waals surface area contributed by atoms with Gasteiger partial charge in [0.15, 0.2) is 22.5 Å². The summed E-state index contributed by atoms with van der Waals surface area (Å²) in [5, 5.41) is 29.0. The molecule has 13 nitrogen and oxygen atoms in total. The number of carbonyl (C=O) groups is 1. The zero-order valence-corrected chi connectivity index (χ0v) is 34.8. The van der Waals surface area contributed by atoms with Crippen LogP contribution in [0.15, 0.2) is 42.6 Å². The average molecular weight is 804 g/mol. The zero-order valence-electron chi connectivity index (χ0n) is 34.0. The van der Waals surface area contributed by atoms with Crippen LogP contribution in [-0.4, -0.2) is 97.5 Å². The fourth-order valence-electron chi connectivity index (χ4n) is 12.5. The van der Waals surface area contributed by atoms with Crippen molar-refractivity contribution in [3.05, 3.63) is 65.1 Å². The van der Waals surface area contributed by atoms with Gasteiger partial charge in [0.2, 0.25) is 0 Å². The van der Waals surface area contributed by atoms with E-state index in [1.807, 2.05) is 41.4 Å². The number of carboxylic acid groups (broad SMARTS) is 1. The van der Waals surface area contributed by atoms with Crippen LogP contribution in [0.4, 0.5) is 22.6 Å². The summed E-state index contributed by atoms with van der Waals surface area (Å²) in [6.45, 7) is 15.8. The molecule has 5 fully saturated rings. The van der Waals surface area contributed by atoms with Crippen LogP contribution in [0.5, 0.6) is 0 Å². The Morgan fingerprint density at radius 3 is 2.52 bits per heavy atom. The van der Waals surface area contributed by atoms with E-state index in [4.69, 9.17) is 24.5 Å². The fourth-order valence-corrected chi connectivity index (χ4v) is 13.3. The second kappa shape index (κ2) is 14.1. The minimum absolute atomic E-state index is 0.00789. The number of nitrogens with one attached hydrogen (secondary N) is 1. The van der Waals surface area contributed by atoms with Gasteiger partial charge in [0.05, 0.1) is 41.8 Å². The molecule has 1 aromatic carbocycles. The predicted molar refractivity (Wildman–Crippen MR) is 224 cm³/mol. The molecule has 2 N–H and O–H groups in total. The maximum atomic E-state index is 13.0. The summed E-state index contributed by atoms with van der Waals surface area (Å²) in [7, 11) is 0. The van der Waals surface area contributed by atoms with Gasteiger partial charge >= 0.3 is 5.97 Å². The van der Waals surface area contributed by atoms with E-state index in [1.165, 1.54) is 6.42 Å². The highest BCUT2D eigenvalue weighted by Gasteiger charge is 2.66. The minimum Gasteiger partial charge on any atom is -0.476 e. The van der Waals surface area contributed by atoms with Gasteiger partial charge in [-0.1, -0.05) is 37.3 Å². The van der Waals surface area contributed by atoms with Gasteiger partial charge in [0, 0.05) is 60.7 Å².